The van der Waals surface area contributed by atoms with Gasteiger partial charge in [-0.15, -0.1) is 0 Å². The van der Waals surface area contributed by atoms with E-state index in [0.29, 0.717) is 11.3 Å². The van der Waals surface area contributed by atoms with Crippen LogP contribution in [0.3, 0.4) is 0 Å². The van der Waals surface area contributed by atoms with Crippen molar-refractivity contribution in [3.8, 4) is 11.1 Å². The molecular weight excluding hydrogens is 348 g/mol. The molecule has 28 heavy (non-hydrogen) atoms. The molecule has 1 aromatic heterocycles. The van der Waals surface area contributed by atoms with E-state index >= 15 is 0 Å². The summed E-state index contributed by atoms with van der Waals surface area (Å²) < 4.78 is 0. The van der Waals surface area contributed by atoms with Gasteiger partial charge in [0.25, 0.3) is 5.56 Å². The number of aromatic nitrogens is 1. The first-order valence-corrected chi connectivity index (χ1v) is 9.17. The Balaban J connectivity index is 1.78. The molecule has 4 nitrogen and oxygen atoms in total. The van der Waals surface area contributed by atoms with Crippen LogP contribution < -0.4 is 10.9 Å². The van der Waals surface area contributed by atoms with E-state index in [1.807, 2.05) is 85.8 Å². The molecule has 0 fully saturated rings. The van der Waals surface area contributed by atoms with Crippen LogP contribution in [0.1, 0.15) is 11.1 Å². The third-order valence-corrected chi connectivity index (χ3v) is 4.76. The first-order valence-electron chi connectivity index (χ1n) is 9.17. The first-order chi connectivity index (χ1) is 13.6. The predicted molar refractivity (Wildman–Crippen MR) is 114 cm³/mol. The number of rotatable bonds is 4. The van der Waals surface area contributed by atoms with Gasteiger partial charge in [0.2, 0.25) is 5.91 Å². The largest absolute Gasteiger partial charge is 0.326 e. The van der Waals surface area contributed by atoms with Crippen LogP contribution in [0.2, 0.25) is 0 Å². The summed E-state index contributed by atoms with van der Waals surface area (Å²) >= 11 is 0. The fourth-order valence-electron chi connectivity index (χ4n) is 3.39. The fourth-order valence-corrected chi connectivity index (χ4v) is 3.39. The van der Waals surface area contributed by atoms with Gasteiger partial charge in [0.1, 0.15) is 0 Å². The number of carbonyl (C=O) groups excluding carboxylic acids is 1. The van der Waals surface area contributed by atoms with Crippen molar-refractivity contribution in [3.63, 3.8) is 0 Å². The molecule has 3 aromatic carbocycles. The zero-order valence-electron chi connectivity index (χ0n) is 15.5. The van der Waals surface area contributed by atoms with Crippen LogP contribution >= 0.6 is 0 Å². The molecule has 0 radical (unpaired) electrons. The maximum Gasteiger partial charge on any atom is 0.252 e. The Labute approximate surface area is 162 Å². The number of hydrogen-bond acceptors (Lipinski definition) is 2. The van der Waals surface area contributed by atoms with Crippen molar-refractivity contribution in [2.75, 3.05) is 5.32 Å². The molecule has 1 amide bonds. The molecule has 1 heterocycles. The van der Waals surface area contributed by atoms with Crippen molar-refractivity contribution < 1.29 is 4.79 Å². The number of hydrogen-bond donors (Lipinski definition) is 2. The Bertz CT molecular complexity index is 1190. The highest BCUT2D eigenvalue weighted by atomic mass is 16.2. The third-order valence-electron chi connectivity index (χ3n) is 4.76. The highest BCUT2D eigenvalue weighted by Crippen LogP contribution is 2.29. The molecule has 0 aliphatic heterocycles. The minimum Gasteiger partial charge on any atom is -0.326 e. The van der Waals surface area contributed by atoms with Crippen molar-refractivity contribution in [3.05, 3.63) is 100 Å². The topological polar surface area (TPSA) is 62.0 Å². The van der Waals surface area contributed by atoms with Crippen LogP contribution in [-0.2, 0) is 11.2 Å². The standard InChI is InChI=1S/C24H20N2O2/c1-16-11-13-18(14-12-16)25-22(27)15-20-23(17-7-3-2-4-8-17)19-9-5-6-10-21(19)26-24(20)28/h2-14H,15H2,1H3,(H,25,27)(H,26,28). The summed E-state index contributed by atoms with van der Waals surface area (Å²) in [6, 6.07) is 25.0. The Morgan fingerprint density at radius 3 is 2.32 bits per heavy atom. The number of para-hydroxylation sites is 1. The van der Waals surface area contributed by atoms with E-state index in [9.17, 15) is 9.59 Å². The number of fused-ring (bicyclic) bond motifs is 1. The van der Waals surface area contributed by atoms with E-state index < -0.39 is 0 Å². The number of aromatic amines is 1. The normalized spacial score (nSPS) is 10.8. The molecule has 0 unspecified atom stereocenters. The lowest BCUT2D eigenvalue weighted by Gasteiger charge is -2.13. The molecule has 0 aliphatic rings. The van der Waals surface area contributed by atoms with Crippen LogP contribution in [0.5, 0.6) is 0 Å². The number of anilines is 1. The number of nitrogens with one attached hydrogen (secondary N) is 2. The number of H-pyrrole nitrogens is 1. The lowest BCUT2D eigenvalue weighted by atomic mass is 9.94. The van der Waals surface area contributed by atoms with E-state index in [2.05, 4.69) is 10.3 Å². The Hall–Kier alpha value is -3.66. The van der Waals surface area contributed by atoms with Crippen molar-refractivity contribution in [1.82, 2.24) is 4.98 Å². The molecule has 0 saturated carbocycles. The summed E-state index contributed by atoms with van der Waals surface area (Å²) in [5, 5.41) is 3.80. The number of aryl methyl sites for hydroxylation is 1. The van der Waals surface area contributed by atoms with Gasteiger partial charge in [-0.1, -0.05) is 66.2 Å². The maximum atomic E-state index is 12.8. The number of carbonyl (C=O) groups is 1. The third kappa shape index (κ3) is 3.58. The van der Waals surface area contributed by atoms with E-state index in [-0.39, 0.29) is 17.9 Å². The average Bonchev–Trinajstić information content (AvgIpc) is 2.71. The van der Waals surface area contributed by atoms with Gasteiger partial charge in [0.05, 0.1) is 6.42 Å². The molecule has 0 spiro atoms. The van der Waals surface area contributed by atoms with Crippen LogP contribution in [0, 0.1) is 6.92 Å². The van der Waals surface area contributed by atoms with Crippen LogP contribution in [0.25, 0.3) is 22.0 Å². The van der Waals surface area contributed by atoms with Crippen LogP contribution in [0.15, 0.2) is 83.7 Å². The lowest BCUT2D eigenvalue weighted by Crippen LogP contribution is -2.22. The van der Waals surface area contributed by atoms with Gasteiger partial charge in [0.15, 0.2) is 0 Å². The van der Waals surface area contributed by atoms with Gasteiger partial charge < -0.3 is 10.3 Å². The zero-order valence-corrected chi connectivity index (χ0v) is 15.5. The Morgan fingerprint density at radius 2 is 1.57 bits per heavy atom. The van der Waals surface area contributed by atoms with Gasteiger partial charge in [-0.2, -0.15) is 0 Å². The van der Waals surface area contributed by atoms with Crippen molar-refractivity contribution >= 4 is 22.5 Å². The van der Waals surface area contributed by atoms with Crippen LogP contribution in [0.4, 0.5) is 5.69 Å². The first kappa shape index (κ1) is 17.7. The highest BCUT2D eigenvalue weighted by molar-refractivity contribution is 5.99. The van der Waals surface area contributed by atoms with E-state index in [1.54, 1.807) is 0 Å². The fraction of sp³-hybridized carbons (Fsp3) is 0.0833. The van der Waals surface area contributed by atoms with Crippen molar-refractivity contribution in [2.24, 2.45) is 0 Å². The molecule has 0 atom stereocenters. The molecular formula is C24H20N2O2. The summed E-state index contributed by atoms with van der Waals surface area (Å²) in [5.41, 5.74) is 4.55. The molecule has 0 bridgehead atoms. The number of amides is 1. The molecule has 4 aromatic rings. The predicted octanol–water partition coefficient (Wildman–Crippen LogP) is 4.68. The van der Waals surface area contributed by atoms with E-state index in [4.69, 9.17) is 0 Å². The lowest BCUT2D eigenvalue weighted by molar-refractivity contribution is -0.115. The second-order valence-electron chi connectivity index (χ2n) is 6.81. The summed E-state index contributed by atoms with van der Waals surface area (Å²) in [6.45, 7) is 1.99. The smallest absolute Gasteiger partial charge is 0.252 e. The number of pyridine rings is 1. The summed E-state index contributed by atoms with van der Waals surface area (Å²) in [5.74, 6) is -0.221. The van der Waals surface area contributed by atoms with Gasteiger partial charge in [0, 0.05) is 27.7 Å². The second kappa shape index (κ2) is 7.53. The van der Waals surface area contributed by atoms with Gasteiger partial charge in [-0.25, -0.2) is 0 Å². The molecule has 4 rings (SSSR count). The molecule has 0 aliphatic carbocycles. The quantitative estimate of drug-likeness (QED) is 0.549. The summed E-state index contributed by atoms with van der Waals surface area (Å²) in [4.78, 5) is 28.4. The second-order valence-corrected chi connectivity index (χ2v) is 6.81. The molecule has 0 saturated heterocycles. The zero-order chi connectivity index (χ0) is 19.5. The van der Waals surface area contributed by atoms with E-state index in [1.165, 1.54) is 0 Å². The minimum atomic E-state index is -0.239. The molecule has 138 valence electrons. The van der Waals surface area contributed by atoms with Gasteiger partial charge in [-0.05, 0) is 30.7 Å². The van der Waals surface area contributed by atoms with Gasteiger partial charge >= 0.3 is 0 Å². The monoisotopic (exact) mass is 368 g/mol. The van der Waals surface area contributed by atoms with Crippen molar-refractivity contribution in [1.29, 1.82) is 0 Å². The molecule has 2 N–H and O–H groups in total. The average molecular weight is 368 g/mol. The number of benzene rings is 3. The Morgan fingerprint density at radius 1 is 0.893 bits per heavy atom. The minimum absolute atomic E-state index is 0.00171. The molecule has 4 heteroatoms. The maximum absolute atomic E-state index is 12.8. The Kier molecular flexibility index (Phi) is 4.77. The van der Waals surface area contributed by atoms with Crippen molar-refractivity contribution in [2.45, 2.75) is 13.3 Å². The highest BCUT2D eigenvalue weighted by Gasteiger charge is 2.17. The van der Waals surface area contributed by atoms with E-state index in [0.717, 1.165) is 27.6 Å². The summed E-state index contributed by atoms with van der Waals surface area (Å²) in [7, 11) is 0. The van der Waals surface area contributed by atoms with Gasteiger partial charge in [-0.3, -0.25) is 9.59 Å². The van der Waals surface area contributed by atoms with Crippen LogP contribution in [-0.4, -0.2) is 10.9 Å². The SMILES string of the molecule is Cc1ccc(NC(=O)Cc2c(-c3ccccc3)c3ccccc3[nH]c2=O)cc1. The summed E-state index contributed by atoms with van der Waals surface area (Å²) in [6.07, 6.45) is -0.00171.